The van der Waals surface area contributed by atoms with Crippen LogP contribution in [-0.2, 0) is 21.4 Å². The van der Waals surface area contributed by atoms with E-state index in [1.165, 1.54) is 16.4 Å². The molecule has 0 atom stereocenters. The number of likely N-dealkylation sites (N-methyl/N-ethyl adjacent to an activating group) is 1. The van der Waals surface area contributed by atoms with Gasteiger partial charge < -0.3 is 15.5 Å². The molecule has 1 saturated heterocycles. The van der Waals surface area contributed by atoms with Gasteiger partial charge in [-0.15, -0.1) is 0 Å². The van der Waals surface area contributed by atoms with E-state index in [1.54, 1.807) is 35.5 Å². The third-order valence-electron chi connectivity index (χ3n) is 5.73. The van der Waals surface area contributed by atoms with Crippen LogP contribution in [0.2, 0.25) is 0 Å². The van der Waals surface area contributed by atoms with Crippen LogP contribution in [0.1, 0.15) is 19.4 Å². The molecule has 3 rings (SSSR count). The lowest BCUT2D eigenvalue weighted by Crippen LogP contribution is -2.51. The van der Waals surface area contributed by atoms with Crippen molar-refractivity contribution in [1.82, 2.24) is 24.4 Å². The van der Waals surface area contributed by atoms with E-state index in [0.29, 0.717) is 58.0 Å². The van der Waals surface area contributed by atoms with Crippen molar-refractivity contribution in [3.63, 3.8) is 0 Å². The summed E-state index contributed by atoms with van der Waals surface area (Å²) in [6.45, 7) is 7.52. The van der Waals surface area contributed by atoms with Gasteiger partial charge in [-0.3, -0.25) is 14.7 Å². The normalized spacial score (nSPS) is 15.0. The second-order valence-corrected chi connectivity index (χ2v) is 9.88. The molecule has 0 aliphatic carbocycles. The zero-order chi connectivity index (χ0) is 24.6. The molecule has 0 spiro atoms. The number of benzene rings is 1. The molecule has 1 aliphatic rings. The number of rotatable bonds is 9. The topological polar surface area (TPSA) is 115 Å². The highest BCUT2D eigenvalue weighted by molar-refractivity contribution is 7.89. The number of piperazine rings is 1. The highest BCUT2D eigenvalue weighted by Gasteiger charge is 2.29. The average Bonchev–Trinajstić information content (AvgIpc) is 2.85. The van der Waals surface area contributed by atoms with E-state index in [9.17, 15) is 18.0 Å². The maximum Gasteiger partial charge on any atom is 0.319 e. The third kappa shape index (κ3) is 6.75. The van der Waals surface area contributed by atoms with Crippen molar-refractivity contribution in [1.29, 1.82) is 0 Å². The van der Waals surface area contributed by atoms with Crippen molar-refractivity contribution in [3.8, 4) is 0 Å². The van der Waals surface area contributed by atoms with Crippen LogP contribution in [0.15, 0.2) is 53.7 Å². The molecule has 184 valence electrons. The fourth-order valence-electron chi connectivity index (χ4n) is 3.72. The van der Waals surface area contributed by atoms with E-state index in [-0.39, 0.29) is 10.8 Å². The first-order valence-corrected chi connectivity index (χ1v) is 12.8. The summed E-state index contributed by atoms with van der Waals surface area (Å²) >= 11 is 0. The molecule has 0 saturated carbocycles. The summed E-state index contributed by atoms with van der Waals surface area (Å²) in [5.74, 6) is 0.0638. The summed E-state index contributed by atoms with van der Waals surface area (Å²) in [6, 6.07) is 9.36. The lowest BCUT2D eigenvalue weighted by atomic mass is 10.3. The predicted octanol–water partition coefficient (Wildman–Crippen LogP) is 1.58. The van der Waals surface area contributed by atoms with Crippen molar-refractivity contribution in [2.75, 3.05) is 51.1 Å². The van der Waals surface area contributed by atoms with Gasteiger partial charge in [-0.25, -0.2) is 13.2 Å². The second-order valence-electron chi connectivity index (χ2n) is 7.94. The maximum absolute atomic E-state index is 13.0. The smallest absolute Gasteiger partial charge is 0.319 e. The summed E-state index contributed by atoms with van der Waals surface area (Å²) in [5, 5.41) is 5.42. The predicted molar refractivity (Wildman–Crippen MR) is 130 cm³/mol. The van der Waals surface area contributed by atoms with Gasteiger partial charge in [-0.05, 0) is 49.7 Å². The van der Waals surface area contributed by atoms with Crippen molar-refractivity contribution in [3.05, 3.63) is 54.4 Å². The minimum Gasteiger partial charge on any atom is -0.342 e. The molecule has 1 aliphatic heterocycles. The molecule has 1 aromatic carbocycles. The number of anilines is 1. The van der Waals surface area contributed by atoms with E-state index in [2.05, 4.69) is 15.6 Å². The highest BCUT2D eigenvalue weighted by Crippen LogP contribution is 2.20. The SMILES string of the molecule is CCN(CC)C(=O)CN1CCN(S(=O)(=O)c2ccc(NC(=O)NCc3cccnc3)cc2)CC1. The number of hydrogen-bond donors (Lipinski definition) is 2. The molecule has 0 radical (unpaired) electrons. The molecule has 10 nitrogen and oxygen atoms in total. The number of amides is 3. The van der Waals surface area contributed by atoms with Crippen LogP contribution in [-0.4, -0.2) is 85.3 Å². The van der Waals surface area contributed by atoms with Crippen molar-refractivity contribution in [2.45, 2.75) is 25.3 Å². The minimum atomic E-state index is -3.66. The Bertz CT molecular complexity index is 1050. The Kier molecular flexibility index (Phi) is 8.97. The number of carbonyl (C=O) groups excluding carboxylic acids is 2. The van der Waals surface area contributed by atoms with Gasteiger partial charge >= 0.3 is 6.03 Å². The fourth-order valence-corrected chi connectivity index (χ4v) is 5.14. The molecule has 34 heavy (non-hydrogen) atoms. The van der Waals surface area contributed by atoms with Crippen LogP contribution in [0.25, 0.3) is 0 Å². The Balaban J connectivity index is 1.51. The van der Waals surface area contributed by atoms with Gasteiger partial charge in [0.05, 0.1) is 11.4 Å². The number of aromatic nitrogens is 1. The monoisotopic (exact) mass is 488 g/mol. The molecule has 11 heteroatoms. The largest absolute Gasteiger partial charge is 0.342 e. The van der Waals surface area contributed by atoms with Crippen LogP contribution >= 0.6 is 0 Å². The molecule has 0 unspecified atom stereocenters. The van der Waals surface area contributed by atoms with Gasteiger partial charge in [0.1, 0.15) is 0 Å². The summed E-state index contributed by atoms with van der Waals surface area (Å²) < 4.78 is 27.5. The number of urea groups is 1. The van der Waals surface area contributed by atoms with E-state index in [4.69, 9.17) is 0 Å². The first-order valence-electron chi connectivity index (χ1n) is 11.4. The third-order valence-corrected chi connectivity index (χ3v) is 7.64. The Morgan fingerprint density at radius 2 is 1.71 bits per heavy atom. The van der Waals surface area contributed by atoms with Gasteiger partial charge in [-0.1, -0.05) is 6.07 Å². The van der Waals surface area contributed by atoms with Crippen molar-refractivity contribution < 1.29 is 18.0 Å². The van der Waals surface area contributed by atoms with Crippen LogP contribution in [0.4, 0.5) is 10.5 Å². The zero-order valence-electron chi connectivity index (χ0n) is 19.6. The molecular weight excluding hydrogens is 456 g/mol. The Labute approximate surface area is 201 Å². The summed E-state index contributed by atoms with van der Waals surface area (Å²) in [7, 11) is -3.66. The van der Waals surface area contributed by atoms with Crippen LogP contribution in [0.3, 0.4) is 0 Å². The number of sulfonamides is 1. The summed E-state index contributed by atoms with van der Waals surface area (Å²) in [5.41, 5.74) is 1.36. The number of hydrogen-bond acceptors (Lipinski definition) is 6. The lowest BCUT2D eigenvalue weighted by Gasteiger charge is -2.34. The van der Waals surface area contributed by atoms with Gasteiger partial charge in [0.25, 0.3) is 0 Å². The Hall–Kier alpha value is -3.02. The Morgan fingerprint density at radius 3 is 2.29 bits per heavy atom. The number of nitrogens with zero attached hydrogens (tertiary/aromatic N) is 4. The quantitative estimate of drug-likeness (QED) is 0.554. The van der Waals surface area contributed by atoms with E-state index in [0.717, 1.165) is 5.56 Å². The number of carbonyl (C=O) groups is 2. The molecule has 1 aromatic heterocycles. The molecular formula is C23H32N6O4S. The van der Waals surface area contributed by atoms with E-state index in [1.807, 2.05) is 24.8 Å². The van der Waals surface area contributed by atoms with Crippen LogP contribution in [0, 0.1) is 0 Å². The zero-order valence-corrected chi connectivity index (χ0v) is 20.4. The highest BCUT2D eigenvalue weighted by atomic mass is 32.2. The van der Waals surface area contributed by atoms with Gasteiger partial charge in [-0.2, -0.15) is 4.31 Å². The van der Waals surface area contributed by atoms with E-state index >= 15 is 0 Å². The molecule has 3 amide bonds. The molecule has 2 N–H and O–H groups in total. The number of nitrogens with one attached hydrogen (secondary N) is 2. The summed E-state index contributed by atoms with van der Waals surface area (Å²) in [4.78, 5) is 32.3. The molecule has 0 bridgehead atoms. The average molecular weight is 489 g/mol. The lowest BCUT2D eigenvalue weighted by molar-refractivity contribution is -0.132. The fraction of sp³-hybridized carbons (Fsp3) is 0.435. The summed E-state index contributed by atoms with van der Waals surface area (Å²) in [6.07, 6.45) is 3.33. The molecule has 2 aromatic rings. The van der Waals surface area contributed by atoms with Crippen LogP contribution in [0.5, 0.6) is 0 Å². The van der Waals surface area contributed by atoms with Gasteiger partial charge in [0.2, 0.25) is 15.9 Å². The van der Waals surface area contributed by atoms with Crippen LogP contribution < -0.4 is 10.6 Å². The maximum atomic E-state index is 13.0. The van der Waals surface area contributed by atoms with Crippen molar-refractivity contribution >= 4 is 27.6 Å². The van der Waals surface area contributed by atoms with Gasteiger partial charge in [0.15, 0.2) is 0 Å². The standard InChI is InChI=1S/C23H32N6O4S/c1-3-28(4-2)22(30)18-27-12-14-29(15-13-27)34(32,33)21-9-7-20(8-10-21)26-23(31)25-17-19-6-5-11-24-16-19/h5-11,16H,3-4,12-15,17-18H2,1-2H3,(H2,25,26,31). The Morgan fingerprint density at radius 1 is 1.03 bits per heavy atom. The first-order chi connectivity index (χ1) is 16.3. The minimum absolute atomic E-state index is 0.0638. The number of pyridine rings is 1. The van der Waals surface area contributed by atoms with Gasteiger partial charge in [0, 0.05) is 63.9 Å². The van der Waals surface area contributed by atoms with Crippen molar-refractivity contribution in [2.24, 2.45) is 0 Å². The van der Waals surface area contributed by atoms with E-state index < -0.39 is 16.1 Å². The molecule has 1 fully saturated rings. The first kappa shape index (κ1) is 25.6. The second kappa shape index (κ2) is 11.9. The molecule has 2 heterocycles.